The lowest BCUT2D eigenvalue weighted by Crippen LogP contribution is -2.19. The second kappa shape index (κ2) is 7.50. The van der Waals surface area contributed by atoms with Gasteiger partial charge in [-0.3, -0.25) is 9.48 Å². The maximum Gasteiger partial charge on any atom is 0.316 e. The van der Waals surface area contributed by atoms with Crippen molar-refractivity contribution in [1.82, 2.24) is 19.7 Å². The van der Waals surface area contributed by atoms with E-state index in [0.717, 1.165) is 37.0 Å². The number of aromatic nitrogens is 4. The molecule has 1 N–H and O–H groups in total. The monoisotopic (exact) mass is 420 g/mol. The highest BCUT2D eigenvalue weighted by molar-refractivity contribution is 6.14. The number of anilines is 2. The molecule has 0 unspecified atom stereocenters. The Morgan fingerprint density at radius 3 is 2.77 bits per heavy atom. The number of hydrogen-bond donors (Lipinski definition) is 1. The van der Waals surface area contributed by atoms with Crippen LogP contribution in [0.5, 0.6) is 6.01 Å². The highest BCUT2D eigenvalue weighted by Crippen LogP contribution is 2.32. The average molecular weight is 420 g/mol. The lowest BCUT2D eigenvalue weighted by Gasteiger charge is -2.20. The first-order valence-electron chi connectivity index (χ1n) is 10.1. The summed E-state index contributed by atoms with van der Waals surface area (Å²) in [5.74, 6) is -0.881. The second-order valence-electron chi connectivity index (χ2n) is 7.60. The number of nitrogens with one attached hydrogen (secondary N) is 1. The van der Waals surface area contributed by atoms with Gasteiger partial charge in [0.05, 0.1) is 18.2 Å². The predicted molar refractivity (Wildman–Crippen MR) is 116 cm³/mol. The fourth-order valence-electron chi connectivity index (χ4n) is 4.09. The Bertz CT molecular complexity index is 1310. The van der Waals surface area contributed by atoms with Crippen LogP contribution in [-0.4, -0.2) is 45.9 Å². The number of rotatable bonds is 4. The molecule has 0 atom stereocenters. The number of nitrogens with zero attached hydrogens (tertiary/aromatic N) is 5. The van der Waals surface area contributed by atoms with Gasteiger partial charge >= 0.3 is 6.01 Å². The molecule has 2 aromatic heterocycles. The normalized spacial score (nSPS) is 13.8. The molecule has 0 saturated carbocycles. The molecule has 0 bridgehead atoms. The summed E-state index contributed by atoms with van der Waals surface area (Å²) in [6.07, 6.45) is 5.64. The van der Waals surface area contributed by atoms with Crippen LogP contribution in [0.25, 0.3) is 21.8 Å². The van der Waals surface area contributed by atoms with E-state index in [2.05, 4.69) is 25.3 Å². The van der Waals surface area contributed by atoms with Crippen LogP contribution in [0.1, 0.15) is 23.2 Å². The second-order valence-corrected chi connectivity index (χ2v) is 7.60. The molecule has 0 aliphatic carbocycles. The fourth-order valence-corrected chi connectivity index (χ4v) is 4.09. The number of aryl methyl sites for hydroxylation is 1. The molecule has 1 fully saturated rings. The zero-order chi connectivity index (χ0) is 21.5. The van der Waals surface area contributed by atoms with Crippen molar-refractivity contribution < 1.29 is 13.9 Å². The van der Waals surface area contributed by atoms with E-state index in [0.29, 0.717) is 22.2 Å². The summed E-state index contributed by atoms with van der Waals surface area (Å²) in [6.45, 7) is 1.91. The van der Waals surface area contributed by atoms with Crippen molar-refractivity contribution in [2.24, 2.45) is 7.05 Å². The molecular weight excluding hydrogens is 399 g/mol. The number of halogens is 1. The topological polar surface area (TPSA) is 85.2 Å². The Labute approximate surface area is 177 Å². The van der Waals surface area contributed by atoms with Crippen LogP contribution in [0.15, 0.2) is 36.7 Å². The Hall–Kier alpha value is -3.75. The molecular formula is C22H21FN6O2. The maximum absolute atomic E-state index is 14.4. The Balaban J connectivity index is 1.56. The predicted octanol–water partition coefficient (Wildman–Crippen LogP) is 3.52. The van der Waals surface area contributed by atoms with Crippen LogP contribution < -0.4 is 15.0 Å². The Morgan fingerprint density at radius 2 is 2.00 bits per heavy atom. The first-order chi connectivity index (χ1) is 15.0. The van der Waals surface area contributed by atoms with E-state index < -0.39 is 5.82 Å². The van der Waals surface area contributed by atoms with Crippen molar-refractivity contribution in [3.8, 4) is 6.01 Å². The molecule has 1 saturated heterocycles. The maximum atomic E-state index is 14.4. The molecule has 3 heterocycles. The number of carbonyl (C=O) groups excluding carboxylic acids is 1. The number of carbonyl (C=O) groups is 1. The molecule has 0 radical (unpaired) electrons. The van der Waals surface area contributed by atoms with Gasteiger partial charge in [0.2, 0.25) is 0 Å². The summed E-state index contributed by atoms with van der Waals surface area (Å²) in [6, 6.07) is 6.81. The molecule has 1 aliphatic heterocycles. The van der Waals surface area contributed by atoms with Crippen LogP contribution >= 0.6 is 0 Å². The van der Waals surface area contributed by atoms with Crippen LogP contribution in [0.4, 0.5) is 15.8 Å². The van der Waals surface area contributed by atoms with E-state index in [1.165, 1.54) is 17.9 Å². The van der Waals surface area contributed by atoms with Gasteiger partial charge in [-0.25, -0.2) is 9.37 Å². The van der Waals surface area contributed by atoms with E-state index in [-0.39, 0.29) is 17.4 Å². The molecule has 158 valence electrons. The van der Waals surface area contributed by atoms with E-state index in [1.807, 2.05) is 6.07 Å². The van der Waals surface area contributed by atoms with E-state index in [9.17, 15) is 9.18 Å². The molecule has 31 heavy (non-hydrogen) atoms. The zero-order valence-electron chi connectivity index (χ0n) is 17.2. The van der Waals surface area contributed by atoms with Crippen molar-refractivity contribution >= 4 is 39.1 Å². The lowest BCUT2D eigenvalue weighted by molar-refractivity contribution is 0.102. The minimum absolute atomic E-state index is 0.183. The third kappa shape index (κ3) is 3.41. The van der Waals surface area contributed by atoms with Crippen molar-refractivity contribution in [2.75, 3.05) is 30.4 Å². The molecule has 4 aromatic rings. The lowest BCUT2D eigenvalue weighted by atomic mass is 10.1. The number of hydrogen-bond acceptors (Lipinski definition) is 6. The standard InChI is InChI=1S/C22H21FN6O2/c1-28-12-13-9-14(10-17(23)19(13)27-28)25-21(30)15-5-6-18(29-7-3-4-8-29)16-11-24-22(31-2)26-20(15)16/h5-6,9-12H,3-4,7-8H2,1-2H3,(H,25,30). The van der Waals surface area contributed by atoms with Gasteiger partial charge in [0.25, 0.3) is 5.91 Å². The number of amides is 1. The number of methoxy groups -OCH3 is 1. The Kier molecular flexibility index (Phi) is 4.65. The van der Waals surface area contributed by atoms with E-state index in [4.69, 9.17) is 4.74 Å². The summed E-state index contributed by atoms with van der Waals surface area (Å²) in [5.41, 5.74) is 2.47. The van der Waals surface area contributed by atoms with Gasteiger partial charge in [0.1, 0.15) is 5.52 Å². The number of ether oxygens (including phenoxy) is 1. The van der Waals surface area contributed by atoms with Gasteiger partial charge in [-0.1, -0.05) is 0 Å². The van der Waals surface area contributed by atoms with E-state index in [1.54, 1.807) is 31.6 Å². The fraction of sp³-hybridized carbons (Fsp3) is 0.273. The largest absolute Gasteiger partial charge is 0.467 e. The zero-order valence-corrected chi connectivity index (χ0v) is 17.2. The van der Waals surface area contributed by atoms with Crippen LogP contribution in [-0.2, 0) is 7.05 Å². The summed E-state index contributed by atoms with van der Waals surface area (Å²) in [5, 5.41) is 8.27. The average Bonchev–Trinajstić information content (AvgIpc) is 3.42. The van der Waals surface area contributed by atoms with Crippen molar-refractivity contribution in [3.63, 3.8) is 0 Å². The van der Waals surface area contributed by atoms with Crippen molar-refractivity contribution in [1.29, 1.82) is 0 Å². The molecule has 0 spiro atoms. The first kappa shape index (κ1) is 19.2. The summed E-state index contributed by atoms with van der Waals surface area (Å²) in [7, 11) is 3.20. The van der Waals surface area contributed by atoms with Gasteiger partial charge < -0.3 is 15.0 Å². The molecule has 1 aliphatic rings. The molecule has 2 aromatic carbocycles. The van der Waals surface area contributed by atoms with Crippen LogP contribution in [0.3, 0.4) is 0 Å². The minimum atomic E-state index is -0.494. The number of fused-ring (bicyclic) bond motifs is 2. The molecule has 9 heteroatoms. The van der Waals surface area contributed by atoms with Crippen LogP contribution in [0, 0.1) is 5.82 Å². The number of benzene rings is 2. The highest BCUT2D eigenvalue weighted by Gasteiger charge is 2.21. The third-order valence-corrected chi connectivity index (χ3v) is 5.51. The quantitative estimate of drug-likeness (QED) is 0.544. The van der Waals surface area contributed by atoms with Gasteiger partial charge in [0, 0.05) is 54.7 Å². The minimum Gasteiger partial charge on any atom is -0.467 e. The van der Waals surface area contributed by atoms with Gasteiger partial charge in [-0.2, -0.15) is 10.1 Å². The van der Waals surface area contributed by atoms with Crippen LogP contribution in [0.2, 0.25) is 0 Å². The Morgan fingerprint density at radius 1 is 1.19 bits per heavy atom. The first-order valence-corrected chi connectivity index (χ1v) is 10.1. The third-order valence-electron chi connectivity index (χ3n) is 5.51. The van der Waals surface area contributed by atoms with Gasteiger partial charge in [0.15, 0.2) is 5.82 Å². The van der Waals surface area contributed by atoms with Gasteiger partial charge in [-0.15, -0.1) is 0 Å². The van der Waals surface area contributed by atoms with Crippen molar-refractivity contribution in [3.05, 3.63) is 48.0 Å². The summed E-state index contributed by atoms with van der Waals surface area (Å²) < 4.78 is 21.1. The van der Waals surface area contributed by atoms with Crippen molar-refractivity contribution in [2.45, 2.75) is 12.8 Å². The molecule has 8 nitrogen and oxygen atoms in total. The SMILES string of the molecule is COc1ncc2c(N3CCCC3)ccc(C(=O)Nc3cc(F)c4nn(C)cc4c3)c2n1. The molecule has 5 rings (SSSR count). The van der Waals surface area contributed by atoms with Gasteiger partial charge in [-0.05, 0) is 37.1 Å². The molecule has 1 amide bonds. The van der Waals surface area contributed by atoms with E-state index >= 15 is 0 Å². The summed E-state index contributed by atoms with van der Waals surface area (Å²) >= 11 is 0. The highest BCUT2D eigenvalue weighted by atomic mass is 19.1. The summed E-state index contributed by atoms with van der Waals surface area (Å²) in [4.78, 5) is 24.1. The smallest absolute Gasteiger partial charge is 0.316 e.